The molecular formula is C12H14N4O. The lowest BCUT2D eigenvalue weighted by atomic mass is 9.60. The molecule has 1 amide bonds. The van der Waals surface area contributed by atoms with Gasteiger partial charge in [-0.1, -0.05) is 19.3 Å². The minimum atomic E-state index is -0.787. The summed E-state index contributed by atoms with van der Waals surface area (Å²) >= 11 is 0. The van der Waals surface area contributed by atoms with E-state index in [0.29, 0.717) is 18.4 Å². The van der Waals surface area contributed by atoms with E-state index in [2.05, 4.69) is 11.4 Å². The molecule has 1 aliphatic carbocycles. The summed E-state index contributed by atoms with van der Waals surface area (Å²) < 4.78 is 0. The minimum absolute atomic E-state index is 0.130. The topological polar surface area (TPSA) is 103 Å². The van der Waals surface area contributed by atoms with Crippen LogP contribution >= 0.6 is 0 Å². The summed E-state index contributed by atoms with van der Waals surface area (Å²) in [5.41, 5.74) is 5.47. The third kappa shape index (κ3) is 1.55. The van der Waals surface area contributed by atoms with Gasteiger partial charge in [0.25, 0.3) is 0 Å². The maximum absolute atomic E-state index is 11.8. The third-order valence-corrected chi connectivity index (χ3v) is 3.83. The molecule has 0 aromatic rings. The first-order valence-corrected chi connectivity index (χ1v) is 5.76. The van der Waals surface area contributed by atoms with Crippen LogP contribution in [0.4, 0.5) is 0 Å². The number of allylic oxidation sites excluding steroid dienone is 1. The van der Waals surface area contributed by atoms with Crippen molar-refractivity contribution in [1.82, 2.24) is 5.32 Å². The van der Waals surface area contributed by atoms with E-state index in [1.165, 1.54) is 0 Å². The molecular weight excluding hydrogens is 216 g/mol. The van der Waals surface area contributed by atoms with Crippen LogP contribution < -0.4 is 11.1 Å². The summed E-state index contributed by atoms with van der Waals surface area (Å²) in [6, 6.07) is 4.13. The van der Waals surface area contributed by atoms with Crippen LogP contribution in [-0.2, 0) is 4.79 Å². The molecule has 1 unspecified atom stereocenters. The normalized spacial score (nSPS) is 27.2. The summed E-state index contributed by atoms with van der Waals surface area (Å²) in [5, 5.41) is 20.9. The molecule has 2 rings (SSSR count). The molecule has 0 bridgehead atoms. The van der Waals surface area contributed by atoms with Crippen LogP contribution in [0.1, 0.15) is 32.1 Å². The highest BCUT2D eigenvalue weighted by Crippen LogP contribution is 2.49. The first kappa shape index (κ1) is 11.5. The average molecular weight is 230 g/mol. The number of carbonyl (C=O) groups is 1. The molecule has 5 heteroatoms. The smallest absolute Gasteiger partial charge is 0.243 e. The molecule has 1 heterocycles. The van der Waals surface area contributed by atoms with Gasteiger partial charge in [0.05, 0.1) is 17.7 Å². The van der Waals surface area contributed by atoms with E-state index in [4.69, 9.17) is 5.73 Å². The van der Waals surface area contributed by atoms with Gasteiger partial charge in [-0.25, -0.2) is 0 Å². The summed E-state index contributed by atoms with van der Waals surface area (Å²) in [5.74, 6) is -1.03. The van der Waals surface area contributed by atoms with Crippen molar-refractivity contribution >= 4 is 5.91 Å². The molecule has 1 saturated carbocycles. The molecule has 1 spiro atoms. The van der Waals surface area contributed by atoms with Crippen LogP contribution in [0.25, 0.3) is 0 Å². The number of hydrogen-bond donors (Lipinski definition) is 2. The highest BCUT2D eigenvalue weighted by atomic mass is 16.2. The average Bonchev–Trinajstić information content (AvgIpc) is 2.30. The molecule has 0 radical (unpaired) electrons. The molecule has 3 N–H and O–H groups in total. The van der Waals surface area contributed by atoms with Crippen LogP contribution in [0.15, 0.2) is 11.4 Å². The zero-order valence-electron chi connectivity index (χ0n) is 9.49. The molecule has 0 saturated heterocycles. The van der Waals surface area contributed by atoms with Crippen molar-refractivity contribution in [3.8, 4) is 12.1 Å². The fourth-order valence-corrected chi connectivity index (χ4v) is 3.01. The van der Waals surface area contributed by atoms with Crippen molar-refractivity contribution in [3.05, 3.63) is 11.4 Å². The number of carbonyl (C=O) groups excluding carboxylic acids is 1. The second-order valence-electron chi connectivity index (χ2n) is 4.67. The fourth-order valence-electron chi connectivity index (χ4n) is 3.01. The summed E-state index contributed by atoms with van der Waals surface area (Å²) in [7, 11) is 0. The number of nitrogens with one attached hydrogen (secondary N) is 1. The zero-order chi connectivity index (χ0) is 12.5. The van der Waals surface area contributed by atoms with Gasteiger partial charge in [-0.2, -0.15) is 10.5 Å². The molecule has 1 atom stereocenters. The van der Waals surface area contributed by atoms with E-state index in [0.717, 1.165) is 19.3 Å². The maximum atomic E-state index is 11.8. The van der Waals surface area contributed by atoms with Crippen LogP contribution in [0, 0.1) is 34.0 Å². The molecule has 88 valence electrons. The number of amides is 1. The minimum Gasteiger partial charge on any atom is -0.384 e. The maximum Gasteiger partial charge on any atom is 0.243 e. The Kier molecular flexibility index (Phi) is 2.77. The lowest BCUT2D eigenvalue weighted by Gasteiger charge is -2.42. The Hall–Kier alpha value is -2.01. The highest BCUT2D eigenvalue weighted by Gasteiger charge is 2.51. The van der Waals surface area contributed by atoms with Crippen molar-refractivity contribution in [3.63, 3.8) is 0 Å². The number of hydrogen-bond acceptors (Lipinski definition) is 4. The SMILES string of the molecule is N#CC1=C(N)NC(=O)C(C#N)C12CCCCC2. The van der Waals surface area contributed by atoms with Gasteiger partial charge in [0, 0.05) is 5.41 Å². The number of rotatable bonds is 0. The Balaban J connectivity index is 2.55. The van der Waals surface area contributed by atoms with E-state index in [1.807, 2.05) is 6.07 Å². The van der Waals surface area contributed by atoms with Gasteiger partial charge in [-0.3, -0.25) is 4.79 Å². The molecule has 1 fully saturated rings. The van der Waals surface area contributed by atoms with E-state index in [-0.39, 0.29) is 11.7 Å². The van der Waals surface area contributed by atoms with Gasteiger partial charge in [0.2, 0.25) is 5.91 Å². The lowest BCUT2D eigenvalue weighted by Crippen LogP contribution is -2.50. The van der Waals surface area contributed by atoms with E-state index in [9.17, 15) is 15.3 Å². The number of nitriles is 2. The summed E-state index contributed by atoms with van der Waals surface area (Å²) in [6.07, 6.45) is 4.35. The predicted molar refractivity (Wildman–Crippen MR) is 59.6 cm³/mol. The Labute approximate surface area is 99.9 Å². The molecule has 0 aromatic carbocycles. The van der Waals surface area contributed by atoms with Crippen LogP contribution in [0.3, 0.4) is 0 Å². The molecule has 0 aromatic heterocycles. The highest BCUT2D eigenvalue weighted by molar-refractivity contribution is 5.86. The number of nitrogens with two attached hydrogens (primary N) is 1. The Bertz CT molecular complexity index is 460. The van der Waals surface area contributed by atoms with Crippen LogP contribution in [0.5, 0.6) is 0 Å². The molecule has 2 aliphatic rings. The van der Waals surface area contributed by atoms with Gasteiger partial charge in [-0.05, 0) is 12.8 Å². The van der Waals surface area contributed by atoms with Crippen molar-refractivity contribution < 1.29 is 4.79 Å². The Morgan fingerprint density at radius 2 is 1.94 bits per heavy atom. The molecule has 5 nitrogen and oxygen atoms in total. The zero-order valence-corrected chi connectivity index (χ0v) is 9.49. The Morgan fingerprint density at radius 3 is 2.47 bits per heavy atom. The second-order valence-corrected chi connectivity index (χ2v) is 4.67. The monoisotopic (exact) mass is 230 g/mol. The van der Waals surface area contributed by atoms with E-state index < -0.39 is 11.3 Å². The largest absolute Gasteiger partial charge is 0.384 e. The van der Waals surface area contributed by atoms with Gasteiger partial charge in [0.1, 0.15) is 11.7 Å². The van der Waals surface area contributed by atoms with Gasteiger partial charge in [0.15, 0.2) is 0 Å². The first-order chi connectivity index (χ1) is 8.15. The van der Waals surface area contributed by atoms with Crippen molar-refractivity contribution in [2.75, 3.05) is 0 Å². The third-order valence-electron chi connectivity index (χ3n) is 3.83. The van der Waals surface area contributed by atoms with E-state index in [1.54, 1.807) is 0 Å². The van der Waals surface area contributed by atoms with Gasteiger partial charge >= 0.3 is 0 Å². The molecule has 17 heavy (non-hydrogen) atoms. The number of nitrogens with zero attached hydrogens (tertiary/aromatic N) is 2. The second kappa shape index (κ2) is 4.10. The standard InChI is InChI=1S/C12H14N4O/c13-6-8-10(15)16-11(17)9(7-14)12(8)4-2-1-3-5-12/h9H,1-5,15H2,(H,16,17). The quantitative estimate of drug-likeness (QED) is 0.645. The van der Waals surface area contributed by atoms with Crippen molar-refractivity contribution in [2.24, 2.45) is 17.1 Å². The summed E-state index contributed by atoms with van der Waals surface area (Å²) in [6.45, 7) is 0. The summed E-state index contributed by atoms with van der Waals surface area (Å²) in [4.78, 5) is 11.8. The van der Waals surface area contributed by atoms with Crippen LogP contribution in [-0.4, -0.2) is 5.91 Å². The van der Waals surface area contributed by atoms with E-state index >= 15 is 0 Å². The fraction of sp³-hybridized carbons (Fsp3) is 0.583. The van der Waals surface area contributed by atoms with Gasteiger partial charge in [-0.15, -0.1) is 0 Å². The van der Waals surface area contributed by atoms with Crippen molar-refractivity contribution in [1.29, 1.82) is 10.5 Å². The first-order valence-electron chi connectivity index (χ1n) is 5.76. The molecule has 1 aliphatic heterocycles. The Morgan fingerprint density at radius 1 is 1.29 bits per heavy atom. The predicted octanol–water partition coefficient (Wildman–Crippen LogP) is 0.900. The lowest BCUT2D eigenvalue weighted by molar-refractivity contribution is -0.127. The van der Waals surface area contributed by atoms with Gasteiger partial charge < -0.3 is 11.1 Å². The van der Waals surface area contributed by atoms with Crippen LogP contribution in [0.2, 0.25) is 0 Å². The van der Waals surface area contributed by atoms with Crippen molar-refractivity contribution in [2.45, 2.75) is 32.1 Å².